The number of nitrogens with zero attached hydrogens (tertiary/aromatic N) is 5. The molecule has 2 aliphatic carbocycles. The summed E-state index contributed by atoms with van der Waals surface area (Å²) in [4.78, 5) is 38.8. The summed E-state index contributed by atoms with van der Waals surface area (Å²) in [5.41, 5.74) is 10.5. The van der Waals surface area contributed by atoms with Crippen LogP contribution in [0.25, 0.3) is 33.6 Å². The van der Waals surface area contributed by atoms with Gasteiger partial charge in [0, 0.05) is 50.3 Å². The number of pyridine rings is 1. The SMILES string of the molecule is COc1cc(C(=O)N2CCC[C@@H](N)C2)cc2nc(-c3cc4ccc5nc4n3C[C@H]3C[C@H]3COCC3(CC3)C(=O)N[C@@H]5C)n(C)c12. The van der Waals surface area contributed by atoms with Gasteiger partial charge in [-0.15, -0.1) is 0 Å². The van der Waals surface area contributed by atoms with Crippen molar-refractivity contribution in [3.63, 3.8) is 0 Å². The minimum atomic E-state index is -0.382. The van der Waals surface area contributed by atoms with Crippen LogP contribution in [-0.4, -0.2) is 75.3 Å². The fraction of sp³-hybridized carbons (Fsp3) is 0.529. The molecule has 4 aliphatic rings. The molecule has 2 saturated carbocycles. The minimum Gasteiger partial charge on any atom is -0.494 e. The fourth-order valence-corrected chi connectivity index (χ4v) is 7.34. The first-order chi connectivity index (χ1) is 21.7. The molecule has 11 nitrogen and oxygen atoms in total. The molecule has 2 bridgehead atoms. The number of fused-ring (bicyclic) bond motifs is 3. The maximum Gasteiger partial charge on any atom is 0.254 e. The molecule has 0 unspecified atom stereocenters. The number of nitrogens with one attached hydrogen (secondary N) is 1. The molecule has 2 amide bonds. The van der Waals surface area contributed by atoms with E-state index in [0.29, 0.717) is 55.0 Å². The standard InChI is InChI=1S/C34H41N7O4/c1-19-25-7-6-20-13-27(41(30(20)37-25)15-22-11-23(22)17-45-18-34(8-9-34)33(43)36-19)31-38-26-12-21(14-28(44-3)29(26)39(31)2)32(42)40-10-4-5-24(35)16-40/h6-7,12-14,19,22-24H,4-5,8-11,15-18,35H2,1-3H3,(H,36,43)/t19-,22-,23+,24-/m1/s1. The second kappa shape index (κ2) is 10.6. The molecule has 4 aromatic rings. The van der Waals surface area contributed by atoms with Crippen LogP contribution in [0.4, 0.5) is 0 Å². The van der Waals surface area contributed by atoms with Gasteiger partial charge in [0.05, 0.1) is 42.1 Å². The van der Waals surface area contributed by atoms with Crippen LogP contribution in [0.15, 0.2) is 30.3 Å². The first kappa shape index (κ1) is 28.5. The average Bonchev–Trinajstić information content (AvgIpc) is 3.93. The van der Waals surface area contributed by atoms with Crippen LogP contribution in [0, 0.1) is 17.3 Å². The Labute approximate surface area is 262 Å². The molecule has 3 N–H and O–H groups in total. The van der Waals surface area contributed by atoms with Crippen molar-refractivity contribution in [3.05, 3.63) is 41.6 Å². The van der Waals surface area contributed by atoms with Gasteiger partial charge in [-0.3, -0.25) is 9.59 Å². The third kappa shape index (κ3) is 4.87. The largest absolute Gasteiger partial charge is 0.494 e. The number of benzene rings is 1. The first-order valence-electron chi connectivity index (χ1n) is 16.2. The monoisotopic (exact) mass is 611 g/mol. The Morgan fingerprint density at radius 1 is 1.16 bits per heavy atom. The van der Waals surface area contributed by atoms with Crippen LogP contribution in [-0.2, 0) is 23.1 Å². The Bertz CT molecular complexity index is 1840. The van der Waals surface area contributed by atoms with E-state index in [9.17, 15) is 9.59 Å². The Hall–Kier alpha value is -3.96. The smallest absolute Gasteiger partial charge is 0.254 e. The summed E-state index contributed by atoms with van der Waals surface area (Å²) in [6.45, 7) is 5.20. The van der Waals surface area contributed by atoms with Crippen molar-refractivity contribution in [3.8, 4) is 17.3 Å². The minimum absolute atomic E-state index is 0.000351. The summed E-state index contributed by atoms with van der Waals surface area (Å²) in [5, 5.41) is 4.23. The van der Waals surface area contributed by atoms with Crippen molar-refractivity contribution in [2.45, 2.75) is 57.7 Å². The van der Waals surface area contributed by atoms with E-state index in [4.69, 9.17) is 25.2 Å². The Morgan fingerprint density at radius 3 is 2.78 bits per heavy atom. The number of methoxy groups -OCH3 is 1. The molecule has 3 aromatic heterocycles. The van der Waals surface area contributed by atoms with Crippen molar-refractivity contribution in [2.75, 3.05) is 33.4 Å². The summed E-state index contributed by atoms with van der Waals surface area (Å²) in [7, 11) is 3.62. The van der Waals surface area contributed by atoms with Crippen molar-refractivity contribution in [1.29, 1.82) is 0 Å². The third-order valence-electron chi connectivity index (χ3n) is 10.5. The number of piperidine rings is 1. The Balaban J connectivity index is 1.22. The number of hydrogen-bond donors (Lipinski definition) is 2. The lowest BCUT2D eigenvalue weighted by Crippen LogP contribution is -2.45. The van der Waals surface area contributed by atoms with E-state index in [1.807, 2.05) is 37.1 Å². The van der Waals surface area contributed by atoms with Crippen LogP contribution in [0.2, 0.25) is 0 Å². The third-order valence-corrected chi connectivity index (χ3v) is 10.5. The highest BCUT2D eigenvalue weighted by Gasteiger charge is 2.51. The molecule has 5 heterocycles. The number of hydrogen-bond acceptors (Lipinski definition) is 7. The molecule has 3 fully saturated rings. The van der Waals surface area contributed by atoms with Gasteiger partial charge in [-0.05, 0) is 81.2 Å². The summed E-state index contributed by atoms with van der Waals surface area (Å²) >= 11 is 0. The number of aromatic nitrogens is 4. The normalized spacial score (nSPS) is 26.1. The molecule has 4 atom stereocenters. The van der Waals surface area contributed by atoms with Crippen LogP contribution in [0.3, 0.4) is 0 Å². The summed E-state index contributed by atoms with van der Waals surface area (Å²) in [6, 6.07) is 9.71. The van der Waals surface area contributed by atoms with E-state index in [1.165, 1.54) is 0 Å². The number of amides is 2. The molecule has 11 heteroatoms. The second-order valence-corrected chi connectivity index (χ2v) is 13.7. The fourth-order valence-electron chi connectivity index (χ4n) is 7.34. The molecule has 236 valence electrons. The van der Waals surface area contributed by atoms with Crippen LogP contribution in [0.5, 0.6) is 5.75 Å². The predicted molar refractivity (Wildman–Crippen MR) is 170 cm³/mol. The number of carbonyl (C=O) groups is 2. The number of aryl methyl sites for hydroxylation is 1. The van der Waals surface area contributed by atoms with Gasteiger partial charge < -0.3 is 34.6 Å². The molecule has 8 rings (SSSR count). The van der Waals surface area contributed by atoms with Gasteiger partial charge in [0.15, 0.2) is 5.82 Å². The maximum absolute atomic E-state index is 13.5. The Morgan fingerprint density at radius 2 is 2.00 bits per heavy atom. The summed E-state index contributed by atoms with van der Waals surface area (Å²) < 4.78 is 16.3. The van der Waals surface area contributed by atoms with Gasteiger partial charge in [0.2, 0.25) is 5.91 Å². The first-order valence-corrected chi connectivity index (χ1v) is 16.2. The van der Waals surface area contributed by atoms with Gasteiger partial charge in [0.25, 0.3) is 5.91 Å². The number of imidazole rings is 1. The van der Waals surface area contributed by atoms with E-state index in [-0.39, 0.29) is 29.3 Å². The molecule has 0 radical (unpaired) electrons. The van der Waals surface area contributed by atoms with Crippen LogP contribution < -0.4 is 15.8 Å². The highest BCUT2D eigenvalue weighted by atomic mass is 16.5. The van der Waals surface area contributed by atoms with Crippen LogP contribution in [0.1, 0.15) is 61.1 Å². The molecule has 45 heavy (non-hydrogen) atoms. The molecule has 1 spiro atoms. The van der Waals surface area contributed by atoms with Crippen molar-refractivity contribution < 1.29 is 19.1 Å². The number of nitrogens with two attached hydrogens (primary N) is 1. The van der Waals surface area contributed by atoms with E-state index in [2.05, 4.69) is 26.6 Å². The molecule has 1 saturated heterocycles. The quantitative estimate of drug-likeness (QED) is 0.361. The van der Waals surface area contributed by atoms with Crippen molar-refractivity contribution >= 4 is 33.9 Å². The van der Waals surface area contributed by atoms with E-state index in [0.717, 1.165) is 72.4 Å². The highest BCUT2D eigenvalue weighted by molar-refractivity contribution is 6.00. The topological polar surface area (TPSA) is 130 Å². The van der Waals surface area contributed by atoms with E-state index in [1.54, 1.807) is 7.11 Å². The van der Waals surface area contributed by atoms with Gasteiger partial charge >= 0.3 is 0 Å². The number of likely N-dealkylation sites (tertiary alicyclic amines) is 1. The lowest BCUT2D eigenvalue weighted by molar-refractivity contribution is -0.129. The second-order valence-electron chi connectivity index (χ2n) is 13.7. The lowest BCUT2D eigenvalue weighted by Gasteiger charge is -2.30. The zero-order valence-corrected chi connectivity index (χ0v) is 26.2. The van der Waals surface area contributed by atoms with E-state index >= 15 is 0 Å². The lowest BCUT2D eigenvalue weighted by atomic mass is 10.0. The number of carbonyl (C=O) groups excluding carboxylic acids is 2. The van der Waals surface area contributed by atoms with Gasteiger partial charge in [-0.25, -0.2) is 9.97 Å². The number of rotatable bonds is 3. The van der Waals surface area contributed by atoms with E-state index < -0.39 is 0 Å². The Kier molecular flexibility index (Phi) is 6.69. The van der Waals surface area contributed by atoms with Gasteiger partial charge in [-0.1, -0.05) is 0 Å². The molecular weight excluding hydrogens is 570 g/mol. The zero-order valence-electron chi connectivity index (χ0n) is 26.2. The number of ether oxygens (including phenoxy) is 2. The van der Waals surface area contributed by atoms with Gasteiger partial charge in [-0.2, -0.15) is 0 Å². The van der Waals surface area contributed by atoms with Crippen LogP contribution >= 0.6 is 0 Å². The average molecular weight is 612 g/mol. The van der Waals surface area contributed by atoms with Gasteiger partial charge in [0.1, 0.15) is 16.9 Å². The maximum atomic E-state index is 13.5. The van der Waals surface area contributed by atoms with Crippen molar-refractivity contribution in [2.24, 2.45) is 30.0 Å². The highest BCUT2D eigenvalue weighted by Crippen LogP contribution is 2.48. The predicted octanol–water partition coefficient (Wildman–Crippen LogP) is 3.79. The van der Waals surface area contributed by atoms with Crippen molar-refractivity contribution in [1.82, 2.24) is 29.3 Å². The zero-order chi connectivity index (χ0) is 31.0. The molecule has 1 aromatic carbocycles. The molecule has 2 aliphatic heterocycles. The summed E-state index contributed by atoms with van der Waals surface area (Å²) in [6.07, 6.45) is 4.67. The summed E-state index contributed by atoms with van der Waals surface area (Å²) in [5.74, 6) is 2.31. The molecular formula is C34H41N7O4.